The number of hydrogen-bond acceptors (Lipinski definition) is 4. The standard InChI is InChI=1S/C22H26N2O2/c1-26-20-5-6-21(16(15-20)3-2-12-25)17-4-7-22-18(13-17)14-19-8-9-23-10-11-24(19)22/h2-7,13,15,19,23,25H,8-12,14H2,1H3/b3-2-. The predicted octanol–water partition coefficient (Wildman–Crippen LogP) is 3.09. The van der Waals surface area contributed by atoms with Gasteiger partial charge in [-0.25, -0.2) is 0 Å². The molecular weight excluding hydrogens is 324 g/mol. The summed E-state index contributed by atoms with van der Waals surface area (Å²) in [7, 11) is 1.68. The first kappa shape index (κ1) is 17.1. The Morgan fingerprint density at radius 3 is 3.00 bits per heavy atom. The molecule has 0 aromatic heterocycles. The molecule has 2 aromatic carbocycles. The van der Waals surface area contributed by atoms with Crippen LogP contribution < -0.4 is 15.0 Å². The van der Waals surface area contributed by atoms with Crippen molar-refractivity contribution in [3.05, 3.63) is 53.6 Å². The number of rotatable bonds is 4. The van der Waals surface area contributed by atoms with Gasteiger partial charge in [0.15, 0.2) is 0 Å². The van der Waals surface area contributed by atoms with Crippen LogP contribution in [0.2, 0.25) is 0 Å². The van der Waals surface area contributed by atoms with E-state index in [1.54, 1.807) is 13.2 Å². The summed E-state index contributed by atoms with van der Waals surface area (Å²) < 4.78 is 5.37. The van der Waals surface area contributed by atoms with E-state index in [1.165, 1.54) is 28.8 Å². The molecule has 2 N–H and O–H groups in total. The van der Waals surface area contributed by atoms with E-state index in [0.717, 1.165) is 37.4 Å². The van der Waals surface area contributed by atoms with Crippen molar-refractivity contribution >= 4 is 11.8 Å². The van der Waals surface area contributed by atoms with Crippen LogP contribution in [0, 0.1) is 0 Å². The second kappa shape index (κ2) is 7.52. The second-order valence-electron chi connectivity index (χ2n) is 6.97. The Kier molecular flexibility index (Phi) is 4.96. The van der Waals surface area contributed by atoms with Crippen LogP contribution in [-0.4, -0.2) is 44.5 Å². The van der Waals surface area contributed by atoms with E-state index in [-0.39, 0.29) is 6.61 Å². The van der Waals surface area contributed by atoms with E-state index < -0.39 is 0 Å². The van der Waals surface area contributed by atoms with Crippen molar-refractivity contribution in [3.63, 3.8) is 0 Å². The van der Waals surface area contributed by atoms with Crippen molar-refractivity contribution in [2.75, 3.05) is 38.3 Å². The highest BCUT2D eigenvalue weighted by Crippen LogP contribution is 2.38. The number of hydrogen-bond donors (Lipinski definition) is 2. The number of aliphatic hydroxyl groups is 1. The zero-order valence-electron chi connectivity index (χ0n) is 15.2. The summed E-state index contributed by atoms with van der Waals surface area (Å²) in [4.78, 5) is 2.57. The zero-order valence-corrected chi connectivity index (χ0v) is 15.2. The highest BCUT2D eigenvalue weighted by atomic mass is 16.5. The monoisotopic (exact) mass is 350 g/mol. The van der Waals surface area contributed by atoms with Crippen molar-refractivity contribution in [3.8, 4) is 16.9 Å². The summed E-state index contributed by atoms with van der Waals surface area (Å²) >= 11 is 0. The van der Waals surface area contributed by atoms with Gasteiger partial charge in [-0.1, -0.05) is 24.3 Å². The molecule has 0 amide bonds. The molecule has 136 valence electrons. The molecule has 4 heteroatoms. The first-order valence-electron chi connectivity index (χ1n) is 9.36. The van der Waals surface area contributed by atoms with Gasteiger partial charge >= 0.3 is 0 Å². The second-order valence-corrected chi connectivity index (χ2v) is 6.97. The lowest BCUT2D eigenvalue weighted by Gasteiger charge is -2.24. The van der Waals surface area contributed by atoms with Crippen molar-refractivity contribution in [2.45, 2.75) is 18.9 Å². The van der Waals surface area contributed by atoms with Gasteiger partial charge in [0.05, 0.1) is 13.7 Å². The van der Waals surface area contributed by atoms with Gasteiger partial charge in [0.25, 0.3) is 0 Å². The number of ether oxygens (including phenoxy) is 1. The Labute approximate surface area is 155 Å². The van der Waals surface area contributed by atoms with Gasteiger partial charge in [0, 0.05) is 24.8 Å². The summed E-state index contributed by atoms with van der Waals surface area (Å²) in [6, 6.07) is 13.6. The number of fused-ring (bicyclic) bond motifs is 3. The maximum atomic E-state index is 9.16. The Hall–Kier alpha value is -2.30. The van der Waals surface area contributed by atoms with Crippen LogP contribution in [0.3, 0.4) is 0 Å². The molecule has 0 radical (unpaired) electrons. The van der Waals surface area contributed by atoms with E-state index in [2.05, 4.69) is 34.5 Å². The number of benzene rings is 2. The third-order valence-corrected chi connectivity index (χ3v) is 5.44. The Morgan fingerprint density at radius 2 is 2.15 bits per heavy atom. The Balaban J connectivity index is 1.71. The first-order chi connectivity index (χ1) is 12.8. The lowest BCUT2D eigenvalue weighted by Crippen LogP contribution is -2.32. The maximum absolute atomic E-state index is 9.16. The van der Waals surface area contributed by atoms with Crippen molar-refractivity contribution in [2.24, 2.45) is 0 Å². The SMILES string of the molecule is COc1ccc(-c2ccc3c(c2)CC2CCNCCN32)c(/C=C\CO)c1. The van der Waals surface area contributed by atoms with Gasteiger partial charge in [0.1, 0.15) is 5.75 Å². The third-order valence-electron chi connectivity index (χ3n) is 5.44. The van der Waals surface area contributed by atoms with E-state index >= 15 is 0 Å². The van der Waals surface area contributed by atoms with Gasteiger partial charge < -0.3 is 20.1 Å². The summed E-state index contributed by atoms with van der Waals surface area (Å²) in [5.41, 5.74) is 6.29. The molecule has 4 rings (SSSR count). The smallest absolute Gasteiger partial charge is 0.119 e. The van der Waals surface area contributed by atoms with Crippen LogP contribution in [0.25, 0.3) is 17.2 Å². The number of methoxy groups -OCH3 is 1. The maximum Gasteiger partial charge on any atom is 0.119 e. The minimum absolute atomic E-state index is 0.0332. The molecule has 2 aliphatic rings. The van der Waals surface area contributed by atoms with Gasteiger partial charge in [-0.3, -0.25) is 0 Å². The van der Waals surface area contributed by atoms with Gasteiger partial charge in [0.2, 0.25) is 0 Å². The fourth-order valence-corrected chi connectivity index (χ4v) is 4.16. The summed E-state index contributed by atoms with van der Waals surface area (Å²) in [6.45, 7) is 3.29. The number of anilines is 1. The molecule has 2 aliphatic heterocycles. The highest BCUT2D eigenvalue weighted by molar-refractivity contribution is 5.79. The molecular formula is C22H26N2O2. The van der Waals surface area contributed by atoms with Crippen LogP contribution in [0.15, 0.2) is 42.5 Å². The minimum atomic E-state index is 0.0332. The topological polar surface area (TPSA) is 44.7 Å². The van der Waals surface area contributed by atoms with E-state index in [9.17, 15) is 0 Å². The third kappa shape index (κ3) is 3.22. The fourth-order valence-electron chi connectivity index (χ4n) is 4.16. The summed E-state index contributed by atoms with van der Waals surface area (Å²) in [5, 5.41) is 12.7. The van der Waals surface area contributed by atoms with Crippen molar-refractivity contribution < 1.29 is 9.84 Å². The Bertz CT molecular complexity index is 816. The van der Waals surface area contributed by atoms with Crippen LogP contribution in [0.5, 0.6) is 5.75 Å². The van der Waals surface area contributed by atoms with Gasteiger partial charge in [-0.05, 0) is 65.9 Å². The molecule has 2 heterocycles. The number of nitrogens with zero attached hydrogens (tertiary/aromatic N) is 1. The van der Waals surface area contributed by atoms with E-state index in [0.29, 0.717) is 6.04 Å². The quantitative estimate of drug-likeness (QED) is 0.889. The molecule has 0 aliphatic carbocycles. The lowest BCUT2D eigenvalue weighted by atomic mass is 9.96. The molecule has 1 saturated heterocycles. The molecule has 1 atom stereocenters. The molecule has 1 unspecified atom stereocenters. The average Bonchev–Trinajstić information content (AvgIpc) is 2.85. The number of aliphatic hydroxyl groups excluding tert-OH is 1. The normalized spacial score (nSPS) is 19.3. The van der Waals surface area contributed by atoms with Crippen LogP contribution in [-0.2, 0) is 6.42 Å². The molecule has 1 fully saturated rings. The van der Waals surface area contributed by atoms with Crippen LogP contribution in [0.1, 0.15) is 17.5 Å². The van der Waals surface area contributed by atoms with Crippen molar-refractivity contribution in [1.29, 1.82) is 0 Å². The van der Waals surface area contributed by atoms with Gasteiger partial charge in [-0.2, -0.15) is 0 Å². The van der Waals surface area contributed by atoms with E-state index in [4.69, 9.17) is 9.84 Å². The molecule has 0 spiro atoms. The lowest BCUT2D eigenvalue weighted by molar-refractivity contribution is 0.343. The first-order valence-corrected chi connectivity index (χ1v) is 9.36. The summed E-state index contributed by atoms with van der Waals surface area (Å²) in [5.74, 6) is 0.827. The molecule has 4 nitrogen and oxygen atoms in total. The number of nitrogens with one attached hydrogen (secondary N) is 1. The largest absolute Gasteiger partial charge is 0.497 e. The molecule has 0 bridgehead atoms. The Morgan fingerprint density at radius 1 is 1.23 bits per heavy atom. The van der Waals surface area contributed by atoms with Crippen molar-refractivity contribution in [1.82, 2.24) is 5.32 Å². The highest BCUT2D eigenvalue weighted by Gasteiger charge is 2.30. The minimum Gasteiger partial charge on any atom is -0.497 e. The summed E-state index contributed by atoms with van der Waals surface area (Å²) in [6.07, 6.45) is 6.06. The molecule has 26 heavy (non-hydrogen) atoms. The fraction of sp³-hybridized carbons (Fsp3) is 0.364. The van der Waals surface area contributed by atoms with Crippen LogP contribution in [0.4, 0.5) is 5.69 Å². The van der Waals surface area contributed by atoms with Crippen LogP contribution >= 0.6 is 0 Å². The van der Waals surface area contributed by atoms with E-state index in [1.807, 2.05) is 18.2 Å². The average molecular weight is 350 g/mol. The predicted molar refractivity (Wildman–Crippen MR) is 107 cm³/mol. The molecule has 0 saturated carbocycles. The zero-order chi connectivity index (χ0) is 17.9. The van der Waals surface area contributed by atoms with Gasteiger partial charge in [-0.15, -0.1) is 0 Å². The molecule has 2 aromatic rings.